The van der Waals surface area contributed by atoms with Crippen LogP contribution in [0.25, 0.3) is 10.9 Å². The number of aliphatic hydroxyl groups is 1. The molecule has 2 N–H and O–H groups in total. The number of pyridine rings is 1. The van der Waals surface area contributed by atoms with Crippen molar-refractivity contribution in [2.75, 3.05) is 6.61 Å². The minimum Gasteiger partial charge on any atom is -0.394 e. The summed E-state index contributed by atoms with van der Waals surface area (Å²) in [5.74, 6) is 0. The van der Waals surface area contributed by atoms with Gasteiger partial charge in [-0.3, -0.25) is 4.98 Å². The fraction of sp³-hybridized carbons (Fsp3) is 0.471. The number of para-hydroxylation sites is 1. The lowest BCUT2D eigenvalue weighted by Crippen LogP contribution is -2.36. The molecule has 1 aromatic heterocycles. The molecule has 1 unspecified atom stereocenters. The molecule has 0 radical (unpaired) electrons. The number of nitrogens with one attached hydrogen (secondary N) is 1. The average Bonchev–Trinajstić information content (AvgIpc) is 2.53. The zero-order valence-electron chi connectivity index (χ0n) is 11.8. The predicted octanol–water partition coefficient (Wildman–Crippen LogP) is 3.19. The van der Waals surface area contributed by atoms with Gasteiger partial charge in [-0.1, -0.05) is 43.5 Å². The number of aliphatic hydroxyl groups excluding tert-OH is 1. The van der Waals surface area contributed by atoms with Crippen LogP contribution in [-0.4, -0.2) is 22.7 Å². The molecule has 3 rings (SSSR count). The summed E-state index contributed by atoms with van der Waals surface area (Å²) in [7, 11) is 0. The fourth-order valence-corrected chi connectivity index (χ4v) is 3.20. The first kappa shape index (κ1) is 13.5. The Hall–Kier alpha value is -1.45. The Bertz CT molecular complexity index is 558. The molecular formula is C17H22N2O. The number of hydrogen-bond acceptors (Lipinski definition) is 3. The van der Waals surface area contributed by atoms with Crippen LogP contribution in [0.3, 0.4) is 0 Å². The van der Waals surface area contributed by atoms with Crippen LogP contribution in [0, 0.1) is 0 Å². The highest BCUT2D eigenvalue weighted by atomic mass is 16.3. The Morgan fingerprint density at radius 2 is 1.95 bits per heavy atom. The van der Waals surface area contributed by atoms with Gasteiger partial charge in [0.05, 0.1) is 18.2 Å². The summed E-state index contributed by atoms with van der Waals surface area (Å²) in [4.78, 5) is 4.49. The van der Waals surface area contributed by atoms with E-state index in [2.05, 4.69) is 28.5 Å². The van der Waals surface area contributed by atoms with Gasteiger partial charge in [-0.05, 0) is 24.5 Å². The average molecular weight is 270 g/mol. The molecule has 0 amide bonds. The summed E-state index contributed by atoms with van der Waals surface area (Å²) in [6.45, 7) is 0.117. The van der Waals surface area contributed by atoms with Crippen molar-refractivity contribution in [2.24, 2.45) is 0 Å². The molecule has 0 aliphatic heterocycles. The van der Waals surface area contributed by atoms with Crippen LogP contribution in [0.2, 0.25) is 0 Å². The molecule has 1 aliphatic carbocycles. The maximum Gasteiger partial charge on any atom is 0.0750 e. The lowest BCUT2D eigenvalue weighted by molar-refractivity contribution is 0.221. The Balaban J connectivity index is 1.86. The molecule has 20 heavy (non-hydrogen) atoms. The third-order valence-corrected chi connectivity index (χ3v) is 4.26. The van der Waals surface area contributed by atoms with Crippen LogP contribution in [0.15, 0.2) is 36.5 Å². The van der Waals surface area contributed by atoms with Crippen LogP contribution < -0.4 is 5.32 Å². The zero-order chi connectivity index (χ0) is 13.8. The van der Waals surface area contributed by atoms with E-state index in [4.69, 9.17) is 0 Å². The van der Waals surface area contributed by atoms with E-state index < -0.39 is 0 Å². The van der Waals surface area contributed by atoms with Crippen molar-refractivity contribution in [3.63, 3.8) is 0 Å². The maximum atomic E-state index is 9.78. The maximum absolute atomic E-state index is 9.78. The lowest BCUT2D eigenvalue weighted by atomic mass is 9.93. The van der Waals surface area contributed by atoms with Crippen molar-refractivity contribution in [1.29, 1.82) is 0 Å². The zero-order valence-corrected chi connectivity index (χ0v) is 11.8. The molecule has 2 aromatic rings. The van der Waals surface area contributed by atoms with Crippen LogP contribution in [-0.2, 0) is 0 Å². The molecular weight excluding hydrogens is 248 g/mol. The van der Waals surface area contributed by atoms with Gasteiger partial charge in [-0.25, -0.2) is 0 Å². The van der Waals surface area contributed by atoms with Gasteiger partial charge in [0.25, 0.3) is 0 Å². The van der Waals surface area contributed by atoms with Crippen molar-refractivity contribution in [1.82, 2.24) is 10.3 Å². The van der Waals surface area contributed by atoms with Gasteiger partial charge >= 0.3 is 0 Å². The third kappa shape index (κ3) is 2.84. The molecule has 0 bridgehead atoms. The van der Waals surface area contributed by atoms with Gasteiger partial charge in [0.1, 0.15) is 0 Å². The first-order chi connectivity index (χ1) is 9.88. The number of aromatic nitrogens is 1. The van der Waals surface area contributed by atoms with Crippen LogP contribution in [0.5, 0.6) is 0 Å². The van der Waals surface area contributed by atoms with Crippen molar-refractivity contribution in [3.05, 3.63) is 42.1 Å². The predicted molar refractivity (Wildman–Crippen MR) is 81.6 cm³/mol. The lowest BCUT2D eigenvalue weighted by Gasteiger charge is -2.28. The first-order valence-corrected chi connectivity index (χ1v) is 7.59. The number of fused-ring (bicyclic) bond motifs is 1. The molecule has 1 fully saturated rings. The SMILES string of the molecule is OCC(NC1CCCCC1)c1cccc2cccnc12. The van der Waals surface area contributed by atoms with Gasteiger partial charge < -0.3 is 10.4 Å². The van der Waals surface area contributed by atoms with Crippen LogP contribution in [0.1, 0.15) is 43.7 Å². The number of benzene rings is 1. The summed E-state index contributed by atoms with van der Waals surface area (Å²) in [5, 5.41) is 14.5. The minimum atomic E-state index is -0.0169. The molecule has 1 heterocycles. The standard InChI is InChI=1S/C17H22N2O/c20-12-16(19-14-8-2-1-3-9-14)15-10-4-6-13-7-5-11-18-17(13)15/h4-7,10-11,14,16,19-20H,1-3,8-9,12H2. The molecule has 1 aliphatic rings. The summed E-state index contributed by atoms with van der Waals surface area (Å²) in [6.07, 6.45) is 8.19. The fourth-order valence-electron chi connectivity index (χ4n) is 3.20. The quantitative estimate of drug-likeness (QED) is 0.897. The van der Waals surface area contributed by atoms with Crippen LogP contribution in [0.4, 0.5) is 0 Å². The first-order valence-electron chi connectivity index (χ1n) is 7.59. The number of rotatable bonds is 4. The second-order valence-corrected chi connectivity index (χ2v) is 5.66. The summed E-state index contributed by atoms with van der Waals surface area (Å²) >= 11 is 0. The summed E-state index contributed by atoms with van der Waals surface area (Å²) < 4.78 is 0. The van der Waals surface area contributed by atoms with E-state index >= 15 is 0 Å². The topological polar surface area (TPSA) is 45.1 Å². The van der Waals surface area contributed by atoms with Gasteiger partial charge in [0.15, 0.2) is 0 Å². The largest absolute Gasteiger partial charge is 0.394 e. The van der Waals surface area contributed by atoms with Crippen molar-refractivity contribution >= 4 is 10.9 Å². The molecule has 1 saturated carbocycles. The van der Waals surface area contributed by atoms with E-state index in [1.54, 1.807) is 0 Å². The smallest absolute Gasteiger partial charge is 0.0750 e. The van der Waals surface area contributed by atoms with E-state index in [0.717, 1.165) is 16.5 Å². The molecule has 106 valence electrons. The van der Waals surface area contributed by atoms with Crippen molar-refractivity contribution in [2.45, 2.75) is 44.2 Å². The molecule has 1 atom stereocenters. The van der Waals surface area contributed by atoms with E-state index in [1.807, 2.05) is 18.3 Å². The van der Waals surface area contributed by atoms with Gasteiger partial charge in [0, 0.05) is 17.6 Å². The Morgan fingerprint density at radius 1 is 1.15 bits per heavy atom. The van der Waals surface area contributed by atoms with E-state index in [9.17, 15) is 5.11 Å². The highest BCUT2D eigenvalue weighted by molar-refractivity contribution is 5.82. The molecule has 0 saturated heterocycles. The van der Waals surface area contributed by atoms with Gasteiger partial charge in [-0.15, -0.1) is 0 Å². The van der Waals surface area contributed by atoms with E-state index in [1.165, 1.54) is 32.1 Å². The van der Waals surface area contributed by atoms with Crippen molar-refractivity contribution in [3.8, 4) is 0 Å². The van der Waals surface area contributed by atoms with Gasteiger partial charge in [-0.2, -0.15) is 0 Å². The number of nitrogens with zero attached hydrogens (tertiary/aromatic N) is 1. The molecule has 3 nitrogen and oxygen atoms in total. The van der Waals surface area contributed by atoms with Gasteiger partial charge in [0.2, 0.25) is 0 Å². The summed E-state index contributed by atoms with van der Waals surface area (Å²) in [6, 6.07) is 10.7. The second-order valence-electron chi connectivity index (χ2n) is 5.66. The van der Waals surface area contributed by atoms with E-state index in [-0.39, 0.29) is 12.6 Å². The molecule has 0 spiro atoms. The minimum absolute atomic E-state index is 0.0169. The van der Waals surface area contributed by atoms with E-state index in [0.29, 0.717) is 6.04 Å². The number of hydrogen-bond donors (Lipinski definition) is 2. The Kier molecular flexibility index (Phi) is 4.28. The van der Waals surface area contributed by atoms with Crippen molar-refractivity contribution < 1.29 is 5.11 Å². The molecule has 1 aromatic carbocycles. The molecule has 3 heteroatoms. The highest BCUT2D eigenvalue weighted by Crippen LogP contribution is 2.25. The normalized spacial score (nSPS) is 18.2. The second kappa shape index (κ2) is 6.33. The third-order valence-electron chi connectivity index (χ3n) is 4.26. The Labute approximate surface area is 120 Å². The van der Waals surface area contributed by atoms with Crippen LogP contribution >= 0.6 is 0 Å². The Morgan fingerprint density at radius 3 is 2.75 bits per heavy atom. The highest BCUT2D eigenvalue weighted by Gasteiger charge is 2.20. The summed E-state index contributed by atoms with van der Waals surface area (Å²) in [5.41, 5.74) is 2.11. The monoisotopic (exact) mass is 270 g/mol.